The Bertz CT molecular complexity index is 733. The minimum atomic E-state index is -3.39. The van der Waals surface area contributed by atoms with Gasteiger partial charge < -0.3 is 9.67 Å². The Morgan fingerprint density at radius 2 is 1.95 bits per heavy atom. The van der Waals surface area contributed by atoms with Gasteiger partial charge in [-0.3, -0.25) is 4.79 Å². The van der Waals surface area contributed by atoms with E-state index in [2.05, 4.69) is 4.98 Å². The van der Waals surface area contributed by atoms with Crippen molar-refractivity contribution in [1.29, 1.82) is 0 Å². The number of hydrogen-bond donors (Lipinski definition) is 1. The lowest BCUT2D eigenvalue weighted by Crippen LogP contribution is -2.13. The summed E-state index contributed by atoms with van der Waals surface area (Å²) in [5.41, 5.74) is 0.576. The first-order valence-electron chi connectivity index (χ1n) is 6.40. The van der Waals surface area contributed by atoms with Crippen molar-refractivity contribution in [2.24, 2.45) is 0 Å². The van der Waals surface area contributed by atoms with Crippen LogP contribution in [0.25, 0.3) is 0 Å². The van der Waals surface area contributed by atoms with Gasteiger partial charge in [-0.15, -0.1) is 0 Å². The Kier molecular flexibility index (Phi) is 4.42. The number of imidazole rings is 1. The van der Waals surface area contributed by atoms with Crippen LogP contribution in [0.2, 0.25) is 0 Å². The molecule has 112 valence electrons. The molecule has 6 nitrogen and oxygen atoms in total. The summed E-state index contributed by atoms with van der Waals surface area (Å²) in [5.74, 6) is -0.203. The second kappa shape index (κ2) is 6.09. The van der Waals surface area contributed by atoms with Crippen molar-refractivity contribution in [2.75, 3.05) is 5.75 Å². The van der Waals surface area contributed by atoms with E-state index >= 15 is 0 Å². The van der Waals surface area contributed by atoms with Crippen LogP contribution >= 0.6 is 0 Å². The molecule has 2 rings (SSSR count). The summed E-state index contributed by atoms with van der Waals surface area (Å²) >= 11 is 0. The minimum Gasteiger partial charge on any atom is -0.481 e. The van der Waals surface area contributed by atoms with Gasteiger partial charge in [0.05, 0.1) is 17.1 Å². The number of hydrogen-bond acceptors (Lipinski definition) is 4. The Hall–Kier alpha value is -2.15. The zero-order valence-electron chi connectivity index (χ0n) is 11.6. The molecule has 0 aliphatic rings. The second-order valence-electron chi connectivity index (χ2n) is 4.70. The molecule has 0 radical (unpaired) electrons. The molecule has 2 aromatic rings. The maximum atomic E-state index is 12.2. The van der Waals surface area contributed by atoms with Crippen LogP contribution in [0.1, 0.15) is 11.4 Å². The van der Waals surface area contributed by atoms with Crippen LogP contribution in [0.4, 0.5) is 0 Å². The van der Waals surface area contributed by atoms with Crippen molar-refractivity contribution in [3.8, 4) is 0 Å². The standard InChI is InChI=1S/C14H16N2O4S/c1-11-15-6-7-16(11)8-9-21(19,20)13-4-2-12(3-5-13)10-14(17)18/h2-7H,8-10H2,1H3,(H,17,18). The van der Waals surface area contributed by atoms with E-state index in [4.69, 9.17) is 5.11 Å². The third-order valence-electron chi connectivity index (χ3n) is 3.16. The highest BCUT2D eigenvalue weighted by Gasteiger charge is 2.15. The maximum absolute atomic E-state index is 12.2. The number of carbonyl (C=O) groups is 1. The molecule has 0 bridgehead atoms. The first kappa shape index (κ1) is 15.2. The lowest BCUT2D eigenvalue weighted by atomic mass is 10.2. The van der Waals surface area contributed by atoms with Crippen LogP contribution in [0.3, 0.4) is 0 Å². The molecule has 0 amide bonds. The highest BCUT2D eigenvalue weighted by atomic mass is 32.2. The van der Waals surface area contributed by atoms with E-state index in [9.17, 15) is 13.2 Å². The number of sulfone groups is 1. The second-order valence-corrected chi connectivity index (χ2v) is 6.81. The summed E-state index contributed by atoms with van der Waals surface area (Å²) in [6.45, 7) is 2.15. The Balaban J connectivity index is 2.08. The highest BCUT2D eigenvalue weighted by Crippen LogP contribution is 2.14. The van der Waals surface area contributed by atoms with E-state index in [1.807, 2.05) is 6.92 Å². The van der Waals surface area contributed by atoms with Crippen LogP contribution in [0.5, 0.6) is 0 Å². The molecule has 0 atom stereocenters. The fraction of sp³-hybridized carbons (Fsp3) is 0.286. The molecule has 0 saturated heterocycles. The summed E-state index contributed by atoms with van der Waals surface area (Å²) in [4.78, 5) is 14.8. The van der Waals surface area contributed by atoms with Gasteiger partial charge >= 0.3 is 5.97 Å². The fourth-order valence-electron chi connectivity index (χ4n) is 1.97. The molecular formula is C14H16N2O4S. The summed E-state index contributed by atoms with van der Waals surface area (Å²) in [5, 5.41) is 8.69. The SMILES string of the molecule is Cc1nccn1CCS(=O)(=O)c1ccc(CC(=O)O)cc1. The van der Waals surface area contributed by atoms with Gasteiger partial charge in [0, 0.05) is 18.9 Å². The van der Waals surface area contributed by atoms with Crippen LogP contribution in [-0.4, -0.2) is 34.8 Å². The van der Waals surface area contributed by atoms with E-state index in [1.165, 1.54) is 24.3 Å². The van der Waals surface area contributed by atoms with E-state index in [0.717, 1.165) is 5.82 Å². The number of aromatic nitrogens is 2. The number of benzene rings is 1. The van der Waals surface area contributed by atoms with Crippen molar-refractivity contribution in [1.82, 2.24) is 9.55 Å². The zero-order valence-corrected chi connectivity index (χ0v) is 12.4. The smallest absolute Gasteiger partial charge is 0.307 e. The first-order chi connectivity index (χ1) is 9.88. The quantitative estimate of drug-likeness (QED) is 0.868. The van der Waals surface area contributed by atoms with Gasteiger partial charge in [0.1, 0.15) is 5.82 Å². The Morgan fingerprint density at radius 1 is 1.29 bits per heavy atom. The van der Waals surface area contributed by atoms with Gasteiger partial charge in [-0.25, -0.2) is 13.4 Å². The summed E-state index contributed by atoms with van der Waals surface area (Å²) in [6.07, 6.45) is 3.25. The van der Waals surface area contributed by atoms with E-state index in [-0.39, 0.29) is 17.1 Å². The zero-order chi connectivity index (χ0) is 15.5. The van der Waals surface area contributed by atoms with Crippen LogP contribution in [0.15, 0.2) is 41.6 Å². The number of carboxylic acid groups (broad SMARTS) is 1. The molecule has 1 aromatic carbocycles. The van der Waals surface area contributed by atoms with Crippen molar-refractivity contribution in [3.05, 3.63) is 48.0 Å². The number of rotatable bonds is 6. The monoisotopic (exact) mass is 308 g/mol. The van der Waals surface area contributed by atoms with Gasteiger partial charge in [-0.2, -0.15) is 0 Å². The number of nitrogens with zero attached hydrogens (tertiary/aromatic N) is 2. The van der Waals surface area contributed by atoms with Crippen molar-refractivity contribution < 1.29 is 18.3 Å². The Morgan fingerprint density at radius 3 is 2.48 bits per heavy atom. The maximum Gasteiger partial charge on any atom is 0.307 e. The highest BCUT2D eigenvalue weighted by molar-refractivity contribution is 7.91. The Labute approximate surface area is 123 Å². The lowest BCUT2D eigenvalue weighted by molar-refractivity contribution is -0.136. The van der Waals surface area contributed by atoms with Gasteiger partial charge in [-0.1, -0.05) is 12.1 Å². The minimum absolute atomic E-state index is 0.0253. The number of aliphatic carboxylic acids is 1. The molecule has 0 saturated carbocycles. The van der Waals surface area contributed by atoms with E-state index in [1.54, 1.807) is 17.0 Å². The third kappa shape index (κ3) is 3.91. The van der Waals surface area contributed by atoms with Crippen LogP contribution in [-0.2, 0) is 27.6 Å². The molecule has 21 heavy (non-hydrogen) atoms. The van der Waals surface area contributed by atoms with Crippen molar-refractivity contribution in [2.45, 2.75) is 24.8 Å². The van der Waals surface area contributed by atoms with Crippen LogP contribution in [0, 0.1) is 6.92 Å². The van der Waals surface area contributed by atoms with Gasteiger partial charge in [0.25, 0.3) is 0 Å². The van der Waals surface area contributed by atoms with E-state index < -0.39 is 15.8 Å². The lowest BCUT2D eigenvalue weighted by Gasteiger charge is -2.07. The molecule has 1 N–H and O–H groups in total. The predicted octanol–water partition coefficient (Wildman–Crippen LogP) is 1.29. The van der Waals surface area contributed by atoms with Crippen molar-refractivity contribution in [3.63, 3.8) is 0 Å². The third-order valence-corrected chi connectivity index (χ3v) is 4.87. The largest absolute Gasteiger partial charge is 0.481 e. The van der Waals surface area contributed by atoms with Gasteiger partial charge in [-0.05, 0) is 24.6 Å². The molecule has 1 aromatic heterocycles. The molecule has 7 heteroatoms. The molecule has 1 heterocycles. The summed E-state index contributed by atoms with van der Waals surface area (Å²) < 4.78 is 26.2. The predicted molar refractivity (Wildman–Crippen MR) is 76.8 cm³/mol. The summed E-state index contributed by atoms with van der Waals surface area (Å²) in [7, 11) is -3.39. The topological polar surface area (TPSA) is 89.3 Å². The number of carboxylic acids is 1. The molecule has 0 aliphatic heterocycles. The van der Waals surface area contributed by atoms with E-state index in [0.29, 0.717) is 12.1 Å². The average molecular weight is 308 g/mol. The summed E-state index contributed by atoms with van der Waals surface area (Å²) in [6, 6.07) is 5.97. The van der Waals surface area contributed by atoms with Crippen molar-refractivity contribution >= 4 is 15.8 Å². The number of aryl methyl sites for hydroxylation is 2. The average Bonchev–Trinajstić information content (AvgIpc) is 2.82. The van der Waals surface area contributed by atoms with Gasteiger partial charge in [0.15, 0.2) is 9.84 Å². The molecular weight excluding hydrogens is 292 g/mol. The molecule has 0 spiro atoms. The fourth-order valence-corrected chi connectivity index (χ4v) is 3.19. The van der Waals surface area contributed by atoms with Gasteiger partial charge in [0.2, 0.25) is 0 Å². The van der Waals surface area contributed by atoms with Crippen LogP contribution < -0.4 is 0 Å². The first-order valence-corrected chi connectivity index (χ1v) is 8.05. The molecule has 0 aliphatic carbocycles. The molecule has 0 unspecified atom stereocenters. The molecule has 0 fully saturated rings. The normalized spacial score (nSPS) is 11.5.